The quantitative estimate of drug-likeness (QED) is 0.799. The fraction of sp³-hybridized carbons (Fsp3) is 0.526. The number of anilines is 1. The molecule has 134 valence electrons. The molecule has 1 heterocycles. The molecular formula is C19H25N3O3. The Morgan fingerprint density at radius 2 is 2.08 bits per heavy atom. The molecule has 1 saturated carbocycles. The molecule has 0 amide bonds. The first kappa shape index (κ1) is 17.5. The number of benzene rings is 1. The Balaban J connectivity index is 2.16. The van der Waals surface area contributed by atoms with Crippen LogP contribution in [0.2, 0.25) is 0 Å². The Hall–Kier alpha value is -2.37. The third-order valence-corrected chi connectivity index (χ3v) is 5.27. The molecule has 25 heavy (non-hydrogen) atoms. The van der Waals surface area contributed by atoms with E-state index in [9.17, 15) is 9.59 Å². The van der Waals surface area contributed by atoms with E-state index in [0.717, 1.165) is 41.5 Å². The topological polar surface area (TPSA) is 64.4 Å². The molecule has 1 aromatic carbocycles. The number of carbonyl (C=O) groups is 2. The number of fused-ring (bicyclic) bond motifs is 1. The molecule has 2 aromatic rings. The predicted octanol–water partition coefficient (Wildman–Crippen LogP) is 3.01. The third-order valence-electron chi connectivity index (χ3n) is 5.27. The lowest BCUT2D eigenvalue weighted by atomic mass is 9.91. The molecule has 1 aliphatic carbocycles. The van der Waals surface area contributed by atoms with Crippen LogP contribution in [-0.4, -0.2) is 41.2 Å². The Kier molecular flexibility index (Phi) is 4.79. The van der Waals surface area contributed by atoms with Crippen LogP contribution in [0.3, 0.4) is 0 Å². The zero-order chi connectivity index (χ0) is 18.1. The van der Waals surface area contributed by atoms with Gasteiger partial charge in [0, 0.05) is 37.9 Å². The van der Waals surface area contributed by atoms with Crippen molar-refractivity contribution < 1.29 is 14.3 Å². The highest BCUT2D eigenvalue weighted by Crippen LogP contribution is 2.36. The molecule has 1 aliphatic rings. The van der Waals surface area contributed by atoms with Gasteiger partial charge in [-0.1, -0.05) is 0 Å². The van der Waals surface area contributed by atoms with Crippen LogP contribution in [0.1, 0.15) is 48.5 Å². The summed E-state index contributed by atoms with van der Waals surface area (Å²) in [5, 5.41) is 5.42. The summed E-state index contributed by atoms with van der Waals surface area (Å²) in [5.41, 5.74) is 3.42. The fourth-order valence-corrected chi connectivity index (χ4v) is 3.90. The summed E-state index contributed by atoms with van der Waals surface area (Å²) in [6.07, 6.45) is 4.84. The monoisotopic (exact) mass is 343 g/mol. The van der Waals surface area contributed by atoms with Gasteiger partial charge in [-0.15, -0.1) is 0 Å². The van der Waals surface area contributed by atoms with Crippen molar-refractivity contribution >= 4 is 28.3 Å². The number of nitrogens with zero attached hydrogens (tertiary/aromatic N) is 3. The summed E-state index contributed by atoms with van der Waals surface area (Å²) < 4.78 is 6.76. The minimum absolute atomic E-state index is 0.303. The first-order valence-corrected chi connectivity index (χ1v) is 8.79. The van der Waals surface area contributed by atoms with Gasteiger partial charge in [0.05, 0.1) is 30.1 Å². The Morgan fingerprint density at radius 1 is 1.40 bits per heavy atom. The summed E-state index contributed by atoms with van der Waals surface area (Å²) in [6.45, 7) is 4.89. The van der Waals surface area contributed by atoms with Gasteiger partial charge in [0.25, 0.3) is 0 Å². The smallest absolute Gasteiger partial charge is 0.338 e. The average Bonchev–Trinajstić information content (AvgIpc) is 2.98. The Labute approximate surface area is 147 Å². The predicted molar refractivity (Wildman–Crippen MR) is 97.1 cm³/mol. The van der Waals surface area contributed by atoms with Crippen LogP contribution in [0.25, 0.3) is 10.9 Å². The van der Waals surface area contributed by atoms with Gasteiger partial charge in [0.1, 0.15) is 5.78 Å². The van der Waals surface area contributed by atoms with E-state index >= 15 is 0 Å². The number of hydrogen-bond donors (Lipinski definition) is 0. The van der Waals surface area contributed by atoms with E-state index < -0.39 is 0 Å². The summed E-state index contributed by atoms with van der Waals surface area (Å²) >= 11 is 0. The maximum Gasteiger partial charge on any atom is 0.338 e. The highest BCUT2D eigenvalue weighted by atomic mass is 16.5. The molecule has 1 fully saturated rings. The molecule has 0 aliphatic heterocycles. The van der Waals surface area contributed by atoms with E-state index in [2.05, 4.69) is 16.9 Å². The summed E-state index contributed by atoms with van der Waals surface area (Å²) in [6, 6.07) is 2.16. The second kappa shape index (κ2) is 6.86. The SMILES string of the molecule is CCN(c1c(C)c(C(=O)OC)cc2c1cnn2C)C1CCC(=O)CC1. The van der Waals surface area contributed by atoms with Crippen LogP contribution < -0.4 is 4.90 Å². The van der Waals surface area contributed by atoms with Gasteiger partial charge in [-0.2, -0.15) is 5.10 Å². The number of ketones is 1. The van der Waals surface area contributed by atoms with Crippen LogP contribution in [0.4, 0.5) is 5.69 Å². The second-order valence-electron chi connectivity index (χ2n) is 6.65. The number of ether oxygens (including phenoxy) is 1. The zero-order valence-corrected chi connectivity index (χ0v) is 15.3. The van der Waals surface area contributed by atoms with Crippen LogP contribution in [0.15, 0.2) is 12.3 Å². The number of methoxy groups -OCH3 is 1. The van der Waals surface area contributed by atoms with E-state index in [4.69, 9.17) is 4.74 Å². The van der Waals surface area contributed by atoms with Crippen molar-refractivity contribution in [3.8, 4) is 0 Å². The molecule has 0 N–H and O–H groups in total. The minimum Gasteiger partial charge on any atom is -0.465 e. The lowest BCUT2D eigenvalue weighted by Crippen LogP contribution is -2.39. The van der Waals surface area contributed by atoms with E-state index in [1.54, 1.807) is 4.68 Å². The standard InChI is InChI=1S/C19H25N3O3/c1-5-22(13-6-8-14(23)9-7-13)18-12(2)15(19(24)25-4)10-17-16(18)11-20-21(17)3/h10-11,13H,5-9H2,1-4H3. The van der Waals surface area contributed by atoms with E-state index in [1.165, 1.54) is 7.11 Å². The Bertz CT molecular complexity index is 815. The lowest BCUT2D eigenvalue weighted by molar-refractivity contribution is -0.120. The molecule has 6 nitrogen and oxygen atoms in total. The molecule has 0 bridgehead atoms. The van der Waals surface area contributed by atoms with Gasteiger partial charge in [0.15, 0.2) is 0 Å². The van der Waals surface area contributed by atoms with Crippen LogP contribution in [-0.2, 0) is 16.6 Å². The number of rotatable bonds is 4. The molecule has 0 saturated heterocycles. The molecule has 0 unspecified atom stereocenters. The molecule has 3 rings (SSSR count). The van der Waals surface area contributed by atoms with Crippen molar-refractivity contribution in [1.29, 1.82) is 0 Å². The van der Waals surface area contributed by atoms with Crippen molar-refractivity contribution in [1.82, 2.24) is 9.78 Å². The number of hydrogen-bond acceptors (Lipinski definition) is 5. The van der Waals surface area contributed by atoms with Crippen LogP contribution >= 0.6 is 0 Å². The molecule has 6 heteroatoms. The first-order chi connectivity index (χ1) is 12.0. The fourth-order valence-electron chi connectivity index (χ4n) is 3.90. The Morgan fingerprint density at radius 3 is 2.68 bits per heavy atom. The van der Waals surface area contributed by atoms with Crippen LogP contribution in [0.5, 0.6) is 0 Å². The van der Waals surface area contributed by atoms with Crippen molar-refractivity contribution in [2.75, 3.05) is 18.6 Å². The van der Waals surface area contributed by atoms with Gasteiger partial charge < -0.3 is 9.64 Å². The van der Waals surface area contributed by atoms with Crippen molar-refractivity contribution in [2.24, 2.45) is 7.05 Å². The molecule has 0 radical (unpaired) electrons. The van der Waals surface area contributed by atoms with Gasteiger partial charge in [-0.3, -0.25) is 9.48 Å². The lowest BCUT2D eigenvalue weighted by Gasteiger charge is -2.36. The molecule has 1 aromatic heterocycles. The number of aryl methyl sites for hydroxylation is 1. The van der Waals surface area contributed by atoms with Crippen molar-refractivity contribution in [2.45, 2.75) is 45.6 Å². The maximum atomic E-state index is 12.3. The highest BCUT2D eigenvalue weighted by Gasteiger charge is 2.28. The average molecular weight is 343 g/mol. The molecular weight excluding hydrogens is 318 g/mol. The van der Waals surface area contributed by atoms with Crippen LogP contribution in [0, 0.1) is 6.92 Å². The van der Waals surface area contributed by atoms with E-state index in [0.29, 0.717) is 30.2 Å². The number of Topliss-reactive ketones (excluding diaryl/α,β-unsaturated/α-hetero) is 1. The zero-order valence-electron chi connectivity index (χ0n) is 15.3. The molecule has 0 spiro atoms. The largest absolute Gasteiger partial charge is 0.465 e. The minimum atomic E-state index is -0.336. The van der Waals surface area contributed by atoms with Gasteiger partial charge >= 0.3 is 5.97 Å². The summed E-state index contributed by atoms with van der Waals surface area (Å²) in [7, 11) is 3.28. The number of carbonyl (C=O) groups excluding carboxylic acids is 2. The van der Waals surface area contributed by atoms with E-state index in [1.807, 2.05) is 26.2 Å². The number of esters is 1. The van der Waals surface area contributed by atoms with E-state index in [-0.39, 0.29) is 5.97 Å². The van der Waals surface area contributed by atoms with Gasteiger partial charge in [0.2, 0.25) is 0 Å². The molecule has 0 atom stereocenters. The summed E-state index contributed by atoms with van der Waals surface area (Å²) in [5.74, 6) is 0.00980. The van der Waals surface area contributed by atoms with Gasteiger partial charge in [-0.25, -0.2) is 4.79 Å². The maximum absolute atomic E-state index is 12.3. The van der Waals surface area contributed by atoms with Gasteiger partial charge in [-0.05, 0) is 38.3 Å². The normalized spacial score (nSPS) is 15.6. The first-order valence-electron chi connectivity index (χ1n) is 8.79. The highest BCUT2D eigenvalue weighted by molar-refractivity contribution is 6.03. The van der Waals surface area contributed by atoms with Crippen molar-refractivity contribution in [3.63, 3.8) is 0 Å². The second-order valence-corrected chi connectivity index (χ2v) is 6.65. The van der Waals surface area contributed by atoms with Crippen molar-refractivity contribution in [3.05, 3.63) is 23.4 Å². The summed E-state index contributed by atoms with van der Waals surface area (Å²) in [4.78, 5) is 26.2. The number of aromatic nitrogens is 2. The third kappa shape index (κ3) is 3.01.